The Labute approximate surface area is 108 Å². The number of nitrogens with zero attached hydrogens (tertiary/aromatic N) is 1. The molecule has 0 bridgehead atoms. The molecule has 0 aromatic heterocycles. The first kappa shape index (κ1) is 13.1. The fourth-order valence-electron chi connectivity index (χ4n) is 2.38. The van der Waals surface area contributed by atoms with Crippen LogP contribution in [-0.2, 0) is 11.3 Å². The number of aliphatic carboxylic acids is 1. The van der Waals surface area contributed by atoms with Gasteiger partial charge in [-0.1, -0.05) is 18.2 Å². The SMILES string of the molecule is Cc1cccc(CN2CCNCC2C(=O)O)c1C. The average Bonchev–Trinajstić information content (AvgIpc) is 2.35. The number of piperazine rings is 1. The summed E-state index contributed by atoms with van der Waals surface area (Å²) in [6.45, 7) is 7.07. The van der Waals surface area contributed by atoms with Gasteiger partial charge in [-0.15, -0.1) is 0 Å². The van der Waals surface area contributed by atoms with Crippen molar-refractivity contribution in [2.75, 3.05) is 19.6 Å². The molecule has 2 N–H and O–H groups in total. The molecule has 1 aromatic carbocycles. The lowest BCUT2D eigenvalue weighted by atomic mass is 10.0. The predicted octanol–water partition coefficient (Wildman–Crippen LogP) is 1.16. The van der Waals surface area contributed by atoms with E-state index in [4.69, 9.17) is 0 Å². The van der Waals surface area contributed by atoms with E-state index in [0.29, 0.717) is 13.1 Å². The molecule has 4 nitrogen and oxygen atoms in total. The highest BCUT2D eigenvalue weighted by atomic mass is 16.4. The Morgan fingerprint density at radius 2 is 2.28 bits per heavy atom. The number of nitrogens with one attached hydrogen (secondary N) is 1. The highest BCUT2D eigenvalue weighted by Crippen LogP contribution is 2.17. The Kier molecular flexibility index (Phi) is 3.99. The van der Waals surface area contributed by atoms with Crippen LogP contribution in [0.2, 0.25) is 0 Å². The minimum Gasteiger partial charge on any atom is -0.480 e. The fourth-order valence-corrected chi connectivity index (χ4v) is 2.38. The van der Waals surface area contributed by atoms with Crippen LogP contribution < -0.4 is 5.32 Å². The van der Waals surface area contributed by atoms with E-state index >= 15 is 0 Å². The van der Waals surface area contributed by atoms with Crippen molar-refractivity contribution in [1.82, 2.24) is 10.2 Å². The smallest absolute Gasteiger partial charge is 0.322 e. The second-order valence-electron chi connectivity index (χ2n) is 4.89. The van der Waals surface area contributed by atoms with Gasteiger partial charge in [0.2, 0.25) is 0 Å². The molecular formula is C14H20N2O2. The second-order valence-corrected chi connectivity index (χ2v) is 4.89. The highest BCUT2D eigenvalue weighted by Gasteiger charge is 2.28. The lowest BCUT2D eigenvalue weighted by Crippen LogP contribution is -2.54. The van der Waals surface area contributed by atoms with Crippen molar-refractivity contribution < 1.29 is 9.90 Å². The first-order valence-electron chi connectivity index (χ1n) is 6.32. The third-order valence-corrected chi connectivity index (χ3v) is 3.73. The standard InChI is InChI=1S/C14H20N2O2/c1-10-4-3-5-12(11(10)2)9-16-7-6-15-8-13(16)14(17)18/h3-5,13,15H,6-9H2,1-2H3,(H,17,18). The minimum atomic E-state index is -0.743. The van der Waals surface area contributed by atoms with Crippen LogP contribution in [-0.4, -0.2) is 41.7 Å². The van der Waals surface area contributed by atoms with Gasteiger partial charge in [-0.2, -0.15) is 0 Å². The topological polar surface area (TPSA) is 52.6 Å². The molecule has 1 atom stereocenters. The maximum atomic E-state index is 11.2. The first-order chi connectivity index (χ1) is 8.59. The molecule has 0 saturated carbocycles. The molecule has 1 aromatic rings. The number of hydrogen-bond acceptors (Lipinski definition) is 3. The summed E-state index contributed by atoms with van der Waals surface area (Å²) in [7, 11) is 0. The molecule has 1 aliphatic rings. The molecule has 0 amide bonds. The Balaban J connectivity index is 2.16. The molecule has 0 radical (unpaired) electrons. The maximum absolute atomic E-state index is 11.2. The van der Waals surface area contributed by atoms with Crippen LogP contribution in [0.3, 0.4) is 0 Å². The number of aryl methyl sites for hydroxylation is 1. The average molecular weight is 248 g/mol. The second kappa shape index (κ2) is 5.50. The summed E-state index contributed by atoms with van der Waals surface area (Å²) >= 11 is 0. The van der Waals surface area contributed by atoms with E-state index in [9.17, 15) is 9.90 Å². The van der Waals surface area contributed by atoms with Gasteiger partial charge in [0.25, 0.3) is 0 Å². The van der Waals surface area contributed by atoms with Gasteiger partial charge in [0.15, 0.2) is 0 Å². The zero-order chi connectivity index (χ0) is 13.1. The van der Waals surface area contributed by atoms with Gasteiger partial charge >= 0.3 is 5.97 Å². The van der Waals surface area contributed by atoms with E-state index < -0.39 is 12.0 Å². The molecule has 1 heterocycles. The third kappa shape index (κ3) is 2.71. The minimum absolute atomic E-state index is 0.418. The first-order valence-corrected chi connectivity index (χ1v) is 6.32. The number of benzene rings is 1. The lowest BCUT2D eigenvalue weighted by Gasteiger charge is -2.33. The van der Waals surface area contributed by atoms with Crippen molar-refractivity contribution >= 4 is 5.97 Å². The molecule has 98 valence electrons. The summed E-state index contributed by atoms with van der Waals surface area (Å²) in [4.78, 5) is 13.3. The van der Waals surface area contributed by atoms with E-state index in [1.165, 1.54) is 16.7 Å². The van der Waals surface area contributed by atoms with Crippen LogP contribution in [0, 0.1) is 13.8 Å². The summed E-state index contributed by atoms with van der Waals surface area (Å²) in [6.07, 6.45) is 0. The van der Waals surface area contributed by atoms with E-state index in [0.717, 1.165) is 13.1 Å². The molecule has 1 aliphatic heterocycles. The fraction of sp³-hybridized carbons (Fsp3) is 0.500. The van der Waals surface area contributed by atoms with Gasteiger partial charge in [-0.3, -0.25) is 9.69 Å². The Morgan fingerprint density at radius 1 is 1.50 bits per heavy atom. The van der Waals surface area contributed by atoms with E-state index in [2.05, 4.69) is 31.3 Å². The molecule has 1 saturated heterocycles. The van der Waals surface area contributed by atoms with Crippen molar-refractivity contribution in [1.29, 1.82) is 0 Å². The van der Waals surface area contributed by atoms with Crippen molar-refractivity contribution in [2.45, 2.75) is 26.4 Å². The van der Waals surface area contributed by atoms with Crippen molar-refractivity contribution in [3.05, 3.63) is 34.9 Å². The van der Waals surface area contributed by atoms with Crippen LogP contribution in [0.15, 0.2) is 18.2 Å². The molecule has 2 rings (SSSR count). The van der Waals surface area contributed by atoms with Gasteiger partial charge in [0.05, 0.1) is 0 Å². The van der Waals surface area contributed by atoms with Crippen LogP contribution in [0.1, 0.15) is 16.7 Å². The van der Waals surface area contributed by atoms with Crippen LogP contribution in [0.25, 0.3) is 0 Å². The van der Waals surface area contributed by atoms with Crippen LogP contribution in [0.5, 0.6) is 0 Å². The molecule has 0 spiro atoms. The van der Waals surface area contributed by atoms with Gasteiger partial charge in [0.1, 0.15) is 6.04 Å². The van der Waals surface area contributed by atoms with Gasteiger partial charge in [-0.05, 0) is 30.5 Å². The molecule has 1 unspecified atom stereocenters. The highest BCUT2D eigenvalue weighted by molar-refractivity contribution is 5.74. The largest absolute Gasteiger partial charge is 0.480 e. The quantitative estimate of drug-likeness (QED) is 0.843. The number of carboxylic acids is 1. The molecule has 18 heavy (non-hydrogen) atoms. The summed E-state index contributed by atoms with van der Waals surface area (Å²) in [5.74, 6) is -0.743. The maximum Gasteiger partial charge on any atom is 0.322 e. The molecule has 4 heteroatoms. The van der Waals surface area contributed by atoms with Crippen molar-refractivity contribution in [3.8, 4) is 0 Å². The predicted molar refractivity (Wildman–Crippen MR) is 70.6 cm³/mol. The van der Waals surface area contributed by atoms with Crippen LogP contribution >= 0.6 is 0 Å². The zero-order valence-electron chi connectivity index (χ0n) is 10.9. The van der Waals surface area contributed by atoms with Crippen molar-refractivity contribution in [2.24, 2.45) is 0 Å². The number of hydrogen-bond donors (Lipinski definition) is 2. The molecule has 1 fully saturated rings. The Morgan fingerprint density at radius 3 is 3.00 bits per heavy atom. The molecule has 0 aliphatic carbocycles. The third-order valence-electron chi connectivity index (χ3n) is 3.73. The Bertz CT molecular complexity index is 445. The summed E-state index contributed by atoms with van der Waals surface area (Å²) < 4.78 is 0. The van der Waals surface area contributed by atoms with E-state index in [1.54, 1.807) is 0 Å². The van der Waals surface area contributed by atoms with E-state index in [-0.39, 0.29) is 0 Å². The summed E-state index contributed by atoms with van der Waals surface area (Å²) in [5, 5.41) is 12.4. The van der Waals surface area contributed by atoms with E-state index in [1.807, 2.05) is 11.0 Å². The van der Waals surface area contributed by atoms with Crippen LogP contribution in [0.4, 0.5) is 0 Å². The number of carbonyl (C=O) groups is 1. The van der Waals surface area contributed by atoms with Gasteiger partial charge in [0, 0.05) is 26.2 Å². The van der Waals surface area contributed by atoms with Crippen molar-refractivity contribution in [3.63, 3.8) is 0 Å². The lowest BCUT2D eigenvalue weighted by molar-refractivity contribution is -0.144. The summed E-state index contributed by atoms with van der Waals surface area (Å²) in [6, 6.07) is 5.79. The zero-order valence-corrected chi connectivity index (χ0v) is 10.9. The number of carboxylic acid groups (broad SMARTS) is 1. The van der Waals surface area contributed by atoms with Gasteiger partial charge in [-0.25, -0.2) is 0 Å². The normalized spacial score (nSPS) is 20.9. The molecular weight excluding hydrogens is 228 g/mol. The summed E-state index contributed by atoms with van der Waals surface area (Å²) in [5.41, 5.74) is 3.75. The monoisotopic (exact) mass is 248 g/mol. The van der Waals surface area contributed by atoms with Gasteiger partial charge < -0.3 is 10.4 Å². The Hall–Kier alpha value is -1.39. The number of rotatable bonds is 3.